The summed E-state index contributed by atoms with van der Waals surface area (Å²) in [6, 6.07) is 9.70. The van der Waals surface area contributed by atoms with E-state index >= 15 is 0 Å². The molecule has 0 N–H and O–H groups in total. The minimum atomic E-state index is -2.93. The number of benzene rings is 1. The van der Waals surface area contributed by atoms with Crippen LogP contribution in [0.2, 0.25) is 0 Å². The minimum absolute atomic E-state index is 0.225. The normalized spacial score (nSPS) is 11.8. The Morgan fingerprint density at radius 3 is 2.30 bits per heavy atom. The van der Waals surface area contributed by atoms with Gasteiger partial charge in [0.1, 0.15) is 5.78 Å². The summed E-state index contributed by atoms with van der Waals surface area (Å²) >= 11 is 0. The van der Waals surface area contributed by atoms with E-state index in [0.717, 1.165) is 18.4 Å². The molecule has 1 aromatic rings. The van der Waals surface area contributed by atoms with Crippen LogP contribution in [0.3, 0.4) is 0 Å². The lowest BCUT2D eigenvalue weighted by molar-refractivity contribution is -0.118. The molecule has 0 saturated carbocycles. The summed E-state index contributed by atoms with van der Waals surface area (Å²) in [7, 11) is -2.93. The first kappa shape index (κ1) is 16.9. The van der Waals surface area contributed by atoms with Gasteiger partial charge in [0.05, 0.1) is 11.0 Å². The van der Waals surface area contributed by atoms with E-state index in [9.17, 15) is 13.2 Å². The monoisotopic (exact) mass is 296 g/mol. The minimum Gasteiger partial charge on any atom is -0.299 e. The van der Waals surface area contributed by atoms with Crippen LogP contribution in [0.5, 0.6) is 0 Å². The van der Waals surface area contributed by atoms with Crippen molar-refractivity contribution in [3.63, 3.8) is 0 Å². The fourth-order valence-corrected chi connectivity index (χ4v) is 3.03. The summed E-state index contributed by atoms with van der Waals surface area (Å²) in [4.78, 5) is 11.8. The van der Waals surface area contributed by atoms with Gasteiger partial charge < -0.3 is 0 Å². The molecule has 20 heavy (non-hydrogen) atoms. The molecular formula is C16H24O3S. The summed E-state index contributed by atoms with van der Waals surface area (Å²) in [5.41, 5.74) is 1.04. The quantitative estimate of drug-likeness (QED) is 0.658. The van der Waals surface area contributed by atoms with Crippen molar-refractivity contribution in [3.05, 3.63) is 35.9 Å². The number of carbonyl (C=O) groups is 1. The molecule has 0 spiro atoms. The molecule has 0 unspecified atom stereocenters. The highest BCUT2D eigenvalue weighted by Crippen LogP contribution is 2.09. The molecule has 0 amide bonds. The topological polar surface area (TPSA) is 51.2 Å². The Hall–Kier alpha value is -1.16. The SMILES string of the molecule is CC(C)S(=O)(=O)CCCCCC(=O)Cc1ccccc1. The maximum Gasteiger partial charge on any atom is 0.152 e. The molecule has 0 atom stereocenters. The van der Waals surface area contributed by atoms with E-state index in [4.69, 9.17) is 0 Å². The maximum absolute atomic E-state index is 11.8. The van der Waals surface area contributed by atoms with Gasteiger partial charge in [-0.3, -0.25) is 4.79 Å². The van der Waals surface area contributed by atoms with E-state index in [0.29, 0.717) is 19.3 Å². The Morgan fingerprint density at radius 2 is 1.70 bits per heavy atom. The zero-order valence-electron chi connectivity index (χ0n) is 12.3. The van der Waals surface area contributed by atoms with Crippen LogP contribution >= 0.6 is 0 Å². The molecule has 0 aliphatic heterocycles. The van der Waals surface area contributed by atoms with Gasteiger partial charge in [0.15, 0.2) is 9.84 Å². The van der Waals surface area contributed by atoms with E-state index in [1.807, 2.05) is 30.3 Å². The fraction of sp³-hybridized carbons (Fsp3) is 0.562. The second kappa shape index (κ2) is 8.20. The first-order valence-electron chi connectivity index (χ1n) is 7.19. The molecule has 112 valence electrons. The van der Waals surface area contributed by atoms with Crippen LogP contribution in [0.25, 0.3) is 0 Å². The van der Waals surface area contributed by atoms with Crippen LogP contribution in [0.15, 0.2) is 30.3 Å². The zero-order valence-corrected chi connectivity index (χ0v) is 13.2. The van der Waals surface area contributed by atoms with Crippen LogP contribution < -0.4 is 0 Å². The molecule has 0 aromatic heterocycles. The van der Waals surface area contributed by atoms with E-state index in [1.54, 1.807) is 13.8 Å². The first-order valence-corrected chi connectivity index (χ1v) is 8.90. The third kappa shape index (κ3) is 6.33. The number of unbranched alkanes of at least 4 members (excludes halogenated alkanes) is 2. The van der Waals surface area contributed by atoms with Gasteiger partial charge in [0.2, 0.25) is 0 Å². The number of Topliss-reactive ketones (excluding diaryl/α,β-unsaturated/α-hetero) is 1. The van der Waals surface area contributed by atoms with Crippen LogP contribution in [-0.4, -0.2) is 25.2 Å². The lowest BCUT2D eigenvalue weighted by atomic mass is 10.0. The summed E-state index contributed by atoms with van der Waals surface area (Å²) in [5.74, 6) is 0.459. The number of carbonyl (C=O) groups excluding carboxylic acids is 1. The van der Waals surface area contributed by atoms with Gasteiger partial charge in [0.25, 0.3) is 0 Å². The van der Waals surface area contributed by atoms with Gasteiger partial charge in [-0.2, -0.15) is 0 Å². The van der Waals surface area contributed by atoms with Crippen molar-refractivity contribution in [2.75, 3.05) is 5.75 Å². The van der Waals surface area contributed by atoms with Crippen LogP contribution in [0, 0.1) is 0 Å². The number of sulfone groups is 1. The average Bonchev–Trinajstić information content (AvgIpc) is 2.39. The fourth-order valence-electron chi connectivity index (χ4n) is 1.95. The Labute approximate surface area is 122 Å². The highest BCUT2D eigenvalue weighted by molar-refractivity contribution is 7.91. The maximum atomic E-state index is 11.8. The van der Waals surface area contributed by atoms with Gasteiger partial charge in [-0.15, -0.1) is 0 Å². The number of ketones is 1. The largest absolute Gasteiger partial charge is 0.299 e. The summed E-state index contributed by atoms with van der Waals surface area (Å²) in [5, 5.41) is -0.304. The van der Waals surface area contributed by atoms with Crippen LogP contribution in [0.4, 0.5) is 0 Å². The Bertz CT molecular complexity index is 504. The third-order valence-corrected chi connectivity index (χ3v) is 5.64. The Morgan fingerprint density at radius 1 is 1.05 bits per heavy atom. The van der Waals surface area contributed by atoms with E-state index in [1.165, 1.54) is 0 Å². The van der Waals surface area contributed by atoms with Crippen molar-refractivity contribution in [1.29, 1.82) is 0 Å². The molecule has 0 fully saturated rings. The van der Waals surface area contributed by atoms with Gasteiger partial charge >= 0.3 is 0 Å². The second-order valence-electron chi connectivity index (χ2n) is 5.43. The highest BCUT2D eigenvalue weighted by Gasteiger charge is 2.15. The Kier molecular flexibility index (Phi) is 6.93. The molecule has 0 saturated heterocycles. The van der Waals surface area contributed by atoms with E-state index in [-0.39, 0.29) is 16.8 Å². The average molecular weight is 296 g/mol. The first-order chi connectivity index (χ1) is 9.42. The van der Waals surface area contributed by atoms with Crippen molar-refractivity contribution >= 4 is 15.6 Å². The van der Waals surface area contributed by atoms with Gasteiger partial charge in [-0.25, -0.2) is 8.42 Å². The van der Waals surface area contributed by atoms with Crippen LogP contribution in [-0.2, 0) is 21.1 Å². The van der Waals surface area contributed by atoms with Crippen molar-refractivity contribution in [2.24, 2.45) is 0 Å². The van der Waals surface area contributed by atoms with Gasteiger partial charge in [0, 0.05) is 12.8 Å². The molecule has 0 bridgehead atoms. The smallest absolute Gasteiger partial charge is 0.152 e. The molecule has 3 nitrogen and oxygen atoms in total. The van der Waals surface area contributed by atoms with Crippen molar-refractivity contribution in [2.45, 2.75) is 51.2 Å². The van der Waals surface area contributed by atoms with Crippen molar-refractivity contribution < 1.29 is 13.2 Å². The molecule has 0 aliphatic rings. The van der Waals surface area contributed by atoms with Gasteiger partial charge in [-0.05, 0) is 32.3 Å². The van der Waals surface area contributed by atoms with E-state index in [2.05, 4.69) is 0 Å². The summed E-state index contributed by atoms with van der Waals surface area (Å²) < 4.78 is 23.2. The third-order valence-electron chi connectivity index (χ3n) is 3.35. The predicted molar refractivity (Wildman–Crippen MR) is 82.5 cm³/mol. The predicted octanol–water partition coefficient (Wildman–Crippen LogP) is 3.18. The lowest BCUT2D eigenvalue weighted by Crippen LogP contribution is -2.17. The van der Waals surface area contributed by atoms with Crippen LogP contribution in [0.1, 0.15) is 45.1 Å². The molecule has 0 aliphatic carbocycles. The molecule has 0 radical (unpaired) electrons. The molecule has 4 heteroatoms. The van der Waals surface area contributed by atoms with Crippen molar-refractivity contribution in [1.82, 2.24) is 0 Å². The number of hydrogen-bond acceptors (Lipinski definition) is 3. The standard InChI is InChI=1S/C16H24O3S/c1-14(2)20(18,19)12-8-4-7-11-16(17)13-15-9-5-3-6-10-15/h3,5-6,9-10,14H,4,7-8,11-13H2,1-2H3. The number of hydrogen-bond donors (Lipinski definition) is 0. The number of rotatable bonds is 9. The molecular weight excluding hydrogens is 272 g/mol. The molecule has 0 heterocycles. The Balaban J connectivity index is 2.17. The van der Waals surface area contributed by atoms with E-state index < -0.39 is 9.84 Å². The van der Waals surface area contributed by atoms with Gasteiger partial charge in [-0.1, -0.05) is 36.8 Å². The molecule has 1 rings (SSSR count). The molecule has 1 aromatic carbocycles. The zero-order chi connectivity index (χ0) is 15.0. The summed E-state index contributed by atoms with van der Waals surface area (Å²) in [6.45, 7) is 3.41. The van der Waals surface area contributed by atoms with Crippen molar-refractivity contribution in [3.8, 4) is 0 Å². The second-order valence-corrected chi connectivity index (χ2v) is 8.10. The highest BCUT2D eigenvalue weighted by atomic mass is 32.2. The lowest BCUT2D eigenvalue weighted by Gasteiger charge is -2.07. The summed E-state index contributed by atoms with van der Waals surface area (Å²) in [6.07, 6.45) is 3.24.